The Morgan fingerprint density at radius 2 is 1.91 bits per heavy atom. The number of imidazole rings is 1. The summed E-state index contributed by atoms with van der Waals surface area (Å²) in [6.07, 6.45) is -0.117. The van der Waals surface area contributed by atoms with Crippen LogP contribution in [0.2, 0.25) is 0 Å². The van der Waals surface area contributed by atoms with Gasteiger partial charge in [0.25, 0.3) is 0 Å². The molecule has 172 valence electrons. The summed E-state index contributed by atoms with van der Waals surface area (Å²) in [5.41, 5.74) is 0.586. The van der Waals surface area contributed by atoms with Crippen molar-refractivity contribution in [2.75, 3.05) is 18.7 Å². The highest BCUT2D eigenvalue weighted by atomic mass is 32.2. The van der Waals surface area contributed by atoms with Crippen molar-refractivity contribution >= 4 is 30.8 Å². The molecule has 7 nitrogen and oxygen atoms in total. The Balaban J connectivity index is 2.06. The molecule has 3 aromatic rings. The first-order chi connectivity index (χ1) is 14.9. The van der Waals surface area contributed by atoms with Crippen molar-refractivity contribution in [1.82, 2.24) is 18.8 Å². The Morgan fingerprint density at radius 1 is 1.19 bits per heavy atom. The summed E-state index contributed by atoms with van der Waals surface area (Å²) in [7, 11) is 0.0919. The first kappa shape index (κ1) is 24.2. The topological polar surface area (TPSA) is 80.1 Å². The molecular formula is C20H23F3N5O2PS. The number of anilines is 2. The summed E-state index contributed by atoms with van der Waals surface area (Å²) in [5, 5.41) is 2.97. The third-order valence-electron chi connectivity index (χ3n) is 4.78. The lowest BCUT2D eigenvalue weighted by Gasteiger charge is -2.17. The van der Waals surface area contributed by atoms with Crippen molar-refractivity contribution in [3.05, 3.63) is 54.6 Å². The van der Waals surface area contributed by atoms with E-state index in [4.69, 9.17) is 0 Å². The number of sulfonamides is 1. The fraction of sp³-hybridized carbons (Fsp3) is 0.300. The van der Waals surface area contributed by atoms with Crippen molar-refractivity contribution < 1.29 is 21.6 Å². The van der Waals surface area contributed by atoms with Gasteiger partial charge in [-0.2, -0.15) is 17.5 Å². The van der Waals surface area contributed by atoms with Gasteiger partial charge in [0.15, 0.2) is 0 Å². The average molecular weight is 485 g/mol. The van der Waals surface area contributed by atoms with Crippen LogP contribution in [0.4, 0.5) is 24.7 Å². The summed E-state index contributed by atoms with van der Waals surface area (Å²) in [4.78, 5) is 8.29. The molecule has 0 saturated carbocycles. The first-order valence-corrected chi connectivity index (χ1v) is 11.8. The number of hydrogen-bond acceptors (Lipinski definition) is 5. The number of rotatable bonds is 7. The standard InChI is InChI=1S/C20H23F3N5O2PS/c1-13(2)28-10-18(25-11-28)16-8-15(32(29,30)27(3)12-31)5-6-17(16)26-19-7-4-14(9-24-19)20(21,22)23/h4-11,13H,12,31H2,1-3H3,(H,24,26). The maximum atomic E-state index is 12.8. The highest BCUT2D eigenvalue weighted by Crippen LogP contribution is 2.34. The van der Waals surface area contributed by atoms with Crippen LogP contribution in [-0.2, 0) is 16.2 Å². The quantitative estimate of drug-likeness (QED) is 0.489. The molecule has 1 aromatic carbocycles. The van der Waals surface area contributed by atoms with Gasteiger partial charge in [0, 0.05) is 43.0 Å². The lowest BCUT2D eigenvalue weighted by molar-refractivity contribution is -0.137. The van der Waals surface area contributed by atoms with Gasteiger partial charge in [0.2, 0.25) is 10.0 Å². The molecule has 32 heavy (non-hydrogen) atoms. The van der Waals surface area contributed by atoms with Crippen LogP contribution >= 0.6 is 9.24 Å². The van der Waals surface area contributed by atoms with Crippen molar-refractivity contribution in [2.45, 2.75) is 31.0 Å². The van der Waals surface area contributed by atoms with Gasteiger partial charge in [-0.3, -0.25) is 0 Å². The lowest BCUT2D eigenvalue weighted by Crippen LogP contribution is -2.25. The van der Waals surface area contributed by atoms with Crippen molar-refractivity contribution in [3.63, 3.8) is 0 Å². The molecular weight excluding hydrogens is 462 g/mol. The Morgan fingerprint density at radius 3 is 2.44 bits per heavy atom. The molecule has 1 atom stereocenters. The monoisotopic (exact) mass is 485 g/mol. The van der Waals surface area contributed by atoms with E-state index in [0.717, 1.165) is 12.3 Å². The fourth-order valence-electron chi connectivity index (χ4n) is 2.81. The molecule has 2 heterocycles. The molecule has 0 saturated heterocycles. The molecule has 1 N–H and O–H groups in total. The number of halogens is 3. The highest BCUT2D eigenvalue weighted by Gasteiger charge is 2.30. The molecule has 0 aliphatic rings. The van der Waals surface area contributed by atoms with Crippen LogP contribution in [0.5, 0.6) is 0 Å². The number of nitrogens with one attached hydrogen (secondary N) is 1. The van der Waals surface area contributed by atoms with E-state index in [2.05, 4.69) is 24.5 Å². The Bertz CT molecular complexity index is 1190. The zero-order valence-electron chi connectivity index (χ0n) is 17.6. The second-order valence-electron chi connectivity index (χ2n) is 7.35. The van der Waals surface area contributed by atoms with Gasteiger partial charge in [-0.25, -0.2) is 18.4 Å². The normalized spacial score (nSPS) is 12.5. The van der Waals surface area contributed by atoms with Crippen LogP contribution < -0.4 is 5.32 Å². The average Bonchev–Trinajstić information content (AvgIpc) is 3.23. The van der Waals surface area contributed by atoms with Crippen LogP contribution in [0.15, 0.2) is 53.9 Å². The lowest BCUT2D eigenvalue weighted by atomic mass is 10.1. The number of benzene rings is 1. The van der Waals surface area contributed by atoms with E-state index >= 15 is 0 Å². The zero-order chi connectivity index (χ0) is 23.7. The number of aromatic nitrogens is 3. The third-order valence-corrected chi connectivity index (χ3v) is 7.42. The van der Waals surface area contributed by atoms with E-state index in [1.54, 1.807) is 18.6 Å². The van der Waals surface area contributed by atoms with Gasteiger partial charge in [0.05, 0.1) is 22.5 Å². The SMILES string of the molecule is CC(C)n1cnc(-c2cc(S(=O)(=O)N(C)CP)ccc2Nc2ccc(C(F)(F)F)cn2)c1. The Labute approximate surface area is 186 Å². The minimum atomic E-state index is -4.49. The van der Waals surface area contributed by atoms with E-state index in [1.165, 1.54) is 29.6 Å². The van der Waals surface area contributed by atoms with Gasteiger partial charge in [0.1, 0.15) is 5.82 Å². The molecule has 1 unspecified atom stereocenters. The summed E-state index contributed by atoms with van der Waals surface area (Å²) < 4.78 is 67.1. The van der Waals surface area contributed by atoms with Gasteiger partial charge < -0.3 is 9.88 Å². The maximum absolute atomic E-state index is 12.8. The second kappa shape index (κ2) is 9.17. The van der Waals surface area contributed by atoms with Crippen molar-refractivity contribution in [1.29, 1.82) is 0 Å². The largest absolute Gasteiger partial charge is 0.417 e. The minimum Gasteiger partial charge on any atom is -0.340 e. The van der Waals surface area contributed by atoms with Crippen LogP contribution in [0.25, 0.3) is 11.3 Å². The van der Waals surface area contributed by atoms with Crippen molar-refractivity contribution in [2.24, 2.45) is 0 Å². The Kier molecular flexibility index (Phi) is 6.92. The highest BCUT2D eigenvalue weighted by molar-refractivity contribution is 7.89. The molecule has 0 amide bonds. The molecule has 0 fully saturated rings. The molecule has 0 radical (unpaired) electrons. The van der Waals surface area contributed by atoms with E-state index in [9.17, 15) is 21.6 Å². The fourth-order valence-corrected chi connectivity index (χ4v) is 4.47. The number of nitrogens with zero attached hydrogens (tertiary/aromatic N) is 4. The van der Waals surface area contributed by atoms with Crippen molar-refractivity contribution in [3.8, 4) is 11.3 Å². The van der Waals surface area contributed by atoms with Crippen LogP contribution in [-0.4, -0.2) is 40.6 Å². The van der Waals surface area contributed by atoms with E-state index in [-0.39, 0.29) is 23.0 Å². The number of alkyl halides is 3. The molecule has 2 aromatic heterocycles. The predicted octanol–water partition coefficient (Wildman–Crippen LogP) is 4.74. The van der Waals surface area contributed by atoms with Gasteiger partial charge in [-0.1, -0.05) is 0 Å². The molecule has 0 spiro atoms. The van der Waals surface area contributed by atoms with Crippen LogP contribution in [0.1, 0.15) is 25.5 Å². The zero-order valence-corrected chi connectivity index (χ0v) is 19.6. The minimum absolute atomic E-state index is 0.0717. The predicted molar refractivity (Wildman–Crippen MR) is 120 cm³/mol. The number of pyridine rings is 1. The Hall–Kier alpha value is -2.49. The smallest absolute Gasteiger partial charge is 0.340 e. The molecule has 0 bridgehead atoms. The van der Waals surface area contributed by atoms with E-state index in [1.807, 2.05) is 18.4 Å². The second-order valence-corrected chi connectivity index (χ2v) is 9.76. The van der Waals surface area contributed by atoms with Gasteiger partial charge >= 0.3 is 6.18 Å². The maximum Gasteiger partial charge on any atom is 0.417 e. The molecule has 12 heteroatoms. The van der Waals surface area contributed by atoms with E-state index < -0.39 is 21.8 Å². The van der Waals surface area contributed by atoms with Crippen LogP contribution in [0.3, 0.4) is 0 Å². The molecule has 0 aliphatic carbocycles. The first-order valence-electron chi connectivity index (χ1n) is 9.58. The summed E-state index contributed by atoms with van der Waals surface area (Å²) in [6, 6.07) is 6.75. The summed E-state index contributed by atoms with van der Waals surface area (Å²) in [5.74, 6) is 0.181. The summed E-state index contributed by atoms with van der Waals surface area (Å²) in [6.45, 7) is 3.96. The van der Waals surface area contributed by atoms with Gasteiger partial charge in [-0.05, 0) is 44.2 Å². The number of hydrogen-bond donors (Lipinski definition) is 1. The third kappa shape index (κ3) is 5.11. The van der Waals surface area contributed by atoms with E-state index in [0.29, 0.717) is 16.9 Å². The molecule has 3 rings (SSSR count). The summed E-state index contributed by atoms with van der Waals surface area (Å²) >= 11 is 0. The molecule has 0 aliphatic heterocycles. The van der Waals surface area contributed by atoms with Gasteiger partial charge in [-0.15, -0.1) is 9.24 Å². The van der Waals surface area contributed by atoms with Crippen LogP contribution in [0, 0.1) is 0 Å².